The number of fused-ring (bicyclic) bond motifs is 4. The number of carbonyl (C=O) groups is 2. The second-order valence-corrected chi connectivity index (χ2v) is 9.76. The number of amides is 2. The van der Waals surface area contributed by atoms with Gasteiger partial charge in [0.25, 0.3) is 5.91 Å². The van der Waals surface area contributed by atoms with E-state index >= 15 is 0 Å². The molecule has 0 spiro atoms. The number of ether oxygens (including phenoxy) is 2. The average Bonchev–Trinajstić information content (AvgIpc) is 3.48. The van der Waals surface area contributed by atoms with Gasteiger partial charge in [-0.2, -0.15) is 0 Å². The van der Waals surface area contributed by atoms with Crippen LogP contribution in [-0.4, -0.2) is 89.3 Å². The van der Waals surface area contributed by atoms with Crippen molar-refractivity contribution in [2.75, 3.05) is 44.3 Å². The lowest BCUT2D eigenvalue weighted by atomic mass is 10.0. The molecule has 3 atom stereocenters. The Kier molecular flexibility index (Phi) is 5.53. The van der Waals surface area contributed by atoms with Crippen molar-refractivity contribution in [2.24, 2.45) is 0 Å². The summed E-state index contributed by atoms with van der Waals surface area (Å²) in [4.78, 5) is 36.2. The fourth-order valence-electron chi connectivity index (χ4n) is 5.56. The normalized spacial score (nSPS) is 24.8. The third-order valence-electron chi connectivity index (χ3n) is 7.34. The van der Waals surface area contributed by atoms with Crippen LogP contribution >= 0.6 is 11.6 Å². The number of anilines is 1. The van der Waals surface area contributed by atoms with E-state index < -0.39 is 11.9 Å². The Morgan fingerprint density at radius 3 is 2.72 bits per heavy atom. The number of benzene rings is 1. The molecule has 1 aromatic heterocycles. The summed E-state index contributed by atoms with van der Waals surface area (Å²) >= 11 is 6.74. The fraction of sp³-hybridized carbons (Fsp3) is 0.400. The van der Waals surface area contributed by atoms with E-state index in [4.69, 9.17) is 26.1 Å². The van der Waals surface area contributed by atoms with Crippen LogP contribution in [0.25, 0.3) is 11.3 Å². The minimum atomic E-state index is -0.697. The number of pyridine rings is 1. The van der Waals surface area contributed by atoms with Crippen LogP contribution in [0.3, 0.4) is 0 Å². The van der Waals surface area contributed by atoms with Crippen molar-refractivity contribution in [1.29, 1.82) is 0 Å². The van der Waals surface area contributed by atoms with Gasteiger partial charge in [0.15, 0.2) is 5.75 Å². The van der Waals surface area contributed by atoms with Gasteiger partial charge in [-0.1, -0.05) is 24.2 Å². The molecule has 5 heterocycles. The molecule has 2 amide bonds. The minimum absolute atomic E-state index is 0.000780. The molecule has 188 valence electrons. The maximum Gasteiger partial charge on any atom is 0.261 e. The molecule has 1 N–H and O–H groups in total. The van der Waals surface area contributed by atoms with Crippen molar-refractivity contribution >= 4 is 29.2 Å². The standard InChI is InChI=1S/C25H24ClFN4O5/c1-2-18(33)29-6-7-30-14(9-29)12-36-23-20(25(30)34)24(31-10-15-8-13(31)11-35-15)28-22(21(23)26)19-16(27)4-3-5-17(19)32/h2-5,13-15,32H,1,6-12H2/t13?,14-,15?/m1/s1. The molecule has 0 aliphatic carbocycles. The Morgan fingerprint density at radius 2 is 2.03 bits per heavy atom. The molecule has 9 nitrogen and oxygen atoms in total. The Morgan fingerprint density at radius 1 is 1.19 bits per heavy atom. The molecule has 0 saturated carbocycles. The van der Waals surface area contributed by atoms with Crippen molar-refractivity contribution in [1.82, 2.24) is 14.8 Å². The van der Waals surface area contributed by atoms with Gasteiger partial charge in [0, 0.05) is 26.2 Å². The van der Waals surface area contributed by atoms with Crippen LogP contribution < -0.4 is 9.64 Å². The summed E-state index contributed by atoms with van der Waals surface area (Å²) in [5.41, 5.74) is 0.0481. The van der Waals surface area contributed by atoms with Crippen LogP contribution in [0, 0.1) is 5.82 Å². The Balaban J connectivity index is 1.50. The largest absolute Gasteiger partial charge is 0.507 e. The number of aromatic hydroxyl groups is 1. The molecule has 3 fully saturated rings. The molecular formula is C25H24ClFN4O5. The number of phenolic OH excluding ortho intramolecular Hbond substituents is 1. The first kappa shape index (κ1) is 23.1. The third kappa shape index (κ3) is 3.50. The van der Waals surface area contributed by atoms with E-state index in [1.54, 1.807) is 9.80 Å². The second kappa shape index (κ2) is 8.63. The number of morpholine rings is 1. The number of rotatable bonds is 3. The monoisotopic (exact) mass is 514 g/mol. The van der Waals surface area contributed by atoms with Crippen molar-refractivity contribution in [2.45, 2.75) is 24.6 Å². The summed E-state index contributed by atoms with van der Waals surface area (Å²) in [5, 5.41) is 10.4. The third-order valence-corrected chi connectivity index (χ3v) is 7.69. The Labute approximate surface area is 211 Å². The van der Waals surface area contributed by atoms with E-state index in [2.05, 4.69) is 6.58 Å². The van der Waals surface area contributed by atoms with Crippen molar-refractivity contribution in [3.8, 4) is 22.8 Å². The second-order valence-electron chi connectivity index (χ2n) is 9.39. The summed E-state index contributed by atoms with van der Waals surface area (Å²) in [7, 11) is 0. The van der Waals surface area contributed by atoms with Crippen molar-refractivity contribution < 1.29 is 28.6 Å². The van der Waals surface area contributed by atoms with Crippen LogP contribution in [0.15, 0.2) is 30.9 Å². The van der Waals surface area contributed by atoms with Crippen LogP contribution in [0.2, 0.25) is 5.02 Å². The summed E-state index contributed by atoms with van der Waals surface area (Å²) in [6.45, 7) is 5.61. The smallest absolute Gasteiger partial charge is 0.261 e. The molecular weight excluding hydrogens is 491 g/mol. The molecule has 0 radical (unpaired) electrons. The molecule has 11 heteroatoms. The maximum absolute atomic E-state index is 14.9. The average molecular weight is 515 g/mol. The van der Waals surface area contributed by atoms with Crippen molar-refractivity contribution in [3.63, 3.8) is 0 Å². The highest BCUT2D eigenvalue weighted by molar-refractivity contribution is 6.35. The summed E-state index contributed by atoms with van der Waals surface area (Å²) in [6, 6.07) is 3.54. The molecule has 1 aromatic carbocycles. The van der Waals surface area contributed by atoms with Crippen LogP contribution in [-0.2, 0) is 9.53 Å². The Bertz CT molecular complexity index is 1270. The van der Waals surface area contributed by atoms with Gasteiger partial charge in [0.05, 0.1) is 30.4 Å². The Hall–Kier alpha value is -3.37. The van der Waals surface area contributed by atoms with E-state index in [0.717, 1.165) is 6.42 Å². The van der Waals surface area contributed by atoms with Gasteiger partial charge in [-0.05, 0) is 24.6 Å². The highest BCUT2D eigenvalue weighted by Crippen LogP contribution is 2.47. The topological polar surface area (TPSA) is 95.4 Å². The molecule has 4 aliphatic rings. The van der Waals surface area contributed by atoms with Gasteiger partial charge in [0.2, 0.25) is 5.91 Å². The van der Waals surface area contributed by atoms with Gasteiger partial charge < -0.3 is 29.3 Å². The number of piperazine rings is 1. The molecule has 2 unspecified atom stereocenters. The first-order chi connectivity index (χ1) is 17.4. The number of hydrogen-bond acceptors (Lipinski definition) is 7. The molecule has 3 saturated heterocycles. The quantitative estimate of drug-likeness (QED) is 0.629. The van der Waals surface area contributed by atoms with Gasteiger partial charge in [-0.25, -0.2) is 9.37 Å². The lowest BCUT2D eigenvalue weighted by molar-refractivity contribution is -0.128. The molecule has 4 aliphatic heterocycles. The highest BCUT2D eigenvalue weighted by atomic mass is 35.5. The summed E-state index contributed by atoms with van der Waals surface area (Å²) in [6.07, 6.45) is 2.05. The van der Waals surface area contributed by atoms with E-state index in [9.17, 15) is 19.1 Å². The summed E-state index contributed by atoms with van der Waals surface area (Å²) < 4.78 is 26.8. The number of halogens is 2. The predicted octanol–water partition coefficient (Wildman–Crippen LogP) is 2.46. The lowest BCUT2D eigenvalue weighted by Crippen LogP contribution is -2.57. The van der Waals surface area contributed by atoms with Gasteiger partial charge in [0.1, 0.15) is 40.3 Å². The molecule has 36 heavy (non-hydrogen) atoms. The number of nitrogens with zero attached hydrogens (tertiary/aromatic N) is 4. The number of carbonyl (C=O) groups excluding carboxylic acids is 2. The zero-order valence-electron chi connectivity index (χ0n) is 19.3. The van der Waals surface area contributed by atoms with E-state index in [0.29, 0.717) is 32.1 Å². The van der Waals surface area contributed by atoms with E-state index in [1.165, 1.54) is 24.3 Å². The minimum Gasteiger partial charge on any atom is -0.507 e. The van der Waals surface area contributed by atoms with Crippen molar-refractivity contribution in [3.05, 3.63) is 47.3 Å². The van der Waals surface area contributed by atoms with Gasteiger partial charge in [-0.15, -0.1) is 0 Å². The molecule has 2 bridgehead atoms. The highest BCUT2D eigenvalue weighted by Gasteiger charge is 2.45. The van der Waals surface area contributed by atoms with E-state index in [-0.39, 0.29) is 70.5 Å². The van der Waals surface area contributed by atoms with Gasteiger partial charge in [-0.3, -0.25) is 9.59 Å². The number of hydrogen-bond donors (Lipinski definition) is 1. The maximum atomic E-state index is 14.9. The van der Waals surface area contributed by atoms with E-state index in [1.807, 2.05) is 4.90 Å². The lowest BCUT2D eigenvalue weighted by Gasteiger charge is -2.39. The van der Waals surface area contributed by atoms with Crippen LogP contribution in [0.1, 0.15) is 16.8 Å². The predicted molar refractivity (Wildman–Crippen MR) is 129 cm³/mol. The van der Waals surface area contributed by atoms with Crippen LogP contribution in [0.4, 0.5) is 10.2 Å². The fourth-order valence-corrected chi connectivity index (χ4v) is 5.84. The van der Waals surface area contributed by atoms with Gasteiger partial charge >= 0.3 is 0 Å². The zero-order valence-corrected chi connectivity index (χ0v) is 20.1. The zero-order chi connectivity index (χ0) is 25.1. The first-order valence-corrected chi connectivity index (χ1v) is 12.2. The number of phenols is 1. The molecule has 2 aromatic rings. The first-order valence-electron chi connectivity index (χ1n) is 11.8. The summed E-state index contributed by atoms with van der Waals surface area (Å²) in [5.74, 6) is -1.11. The SMILES string of the molecule is C=CC(=O)N1CCN2C(=O)c3c(N4CC5CC4CO5)nc(-c4c(O)cccc4F)c(Cl)c3OC[C@H]2C1. The number of aromatic nitrogens is 1. The molecule has 6 rings (SSSR count). The van der Waals surface area contributed by atoms with Crippen LogP contribution in [0.5, 0.6) is 11.5 Å².